The summed E-state index contributed by atoms with van der Waals surface area (Å²) in [5.74, 6) is 0.301. The van der Waals surface area contributed by atoms with Crippen LogP contribution in [0.5, 0.6) is 0 Å². The fourth-order valence-corrected chi connectivity index (χ4v) is 3.88. The Kier molecular flexibility index (Phi) is 6.12. The predicted octanol–water partition coefficient (Wildman–Crippen LogP) is 4.50. The number of benzene rings is 2. The van der Waals surface area contributed by atoms with E-state index in [0.29, 0.717) is 17.3 Å². The van der Waals surface area contributed by atoms with Crippen LogP contribution in [0.4, 0.5) is 0 Å². The highest BCUT2D eigenvalue weighted by Gasteiger charge is 2.11. The summed E-state index contributed by atoms with van der Waals surface area (Å²) >= 11 is 7.38. The number of hydrogen-bond donors (Lipinski definition) is 1. The van der Waals surface area contributed by atoms with Gasteiger partial charge in [-0.15, -0.1) is 0 Å². The zero-order valence-corrected chi connectivity index (χ0v) is 17.2. The molecule has 2 aromatic heterocycles. The van der Waals surface area contributed by atoms with Gasteiger partial charge in [0.05, 0.1) is 17.0 Å². The summed E-state index contributed by atoms with van der Waals surface area (Å²) in [6, 6.07) is 19.6. The first kappa shape index (κ1) is 19.5. The van der Waals surface area contributed by atoms with Crippen molar-refractivity contribution in [1.82, 2.24) is 19.9 Å². The molecular weight excluding hydrogens is 404 g/mol. The third kappa shape index (κ3) is 4.96. The van der Waals surface area contributed by atoms with Gasteiger partial charge in [0.15, 0.2) is 0 Å². The van der Waals surface area contributed by atoms with Gasteiger partial charge in [-0.1, -0.05) is 65.8 Å². The monoisotopic (exact) mass is 422 g/mol. The minimum atomic E-state index is -0.00725. The van der Waals surface area contributed by atoms with E-state index in [1.165, 1.54) is 17.3 Å². The van der Waals surface area contributed by atoms with Gasteiger partial charge < -0.3 is 5.32 Å². The number of thioether (sulfide) groups is 1. The number of carbonyl (C=O) groups is 1. The molecule has 0 bridgehead atoms. The number of carbonyl (C=O) groups excluding carboxylic acids is 1. The molecule has 0 spiro atoms. The zero-order chi connectivity index (χ0) is 20.1. The lowest BCUT2D eigenvalue weighted by molar-refractivity contribution is -0.118. The molecule has 7 heteroatoms. The van der Waals surface area contributed by atoms with Gasteiger partial charge in [-0.05, 0) is 30.2 Å². The SMILES string of the molecule is O=C(CSc1nccn2nc(-c3ccc(Cl)cc3)cc12)NCCc1ccccc1. The van der Waals surface area contributed by atoms with E-state index in [-0.39, 0.29) is 5.91 Å². The van der Waals surface area contributed by atoms with Crippen molar-refractivity contribution >= 4 is 34.8 Å². The lowest BCUT2D eigenvalue weighted by Gasteiger charge is -2.05. The van der Waals surface area contributed by atoms with Gasteiger partial charge >= 0.3 is 0 Å². The van der Waals surface area contributed by atoms with E-state index in [4.69, 9.17) is 11.6 Å². The molecule has 5 nitrogen and oxygen atoms in total. The molecule has 1 amide bonds. The summed E-state index contributed by atoms with van der Waals surface area (Å²) in [5.41, 5.74) is 3.90. The molecule has 0 atom stereocenters. The molecule has 0 aliphatic carbocycles. The Morgan fingerprint density at radius 2 is 1.90 bits per heavy atom. The smallest absolute Gasteiger partial charge is 0.230 e. The maximum absolute atomic E-state index is 12.2. The molecule has 2 aromatic carbocycles. The van der Waals surface area contributed by atoms with E-state index in [9.17, 15) is 4.79 Å². The van der Waals surface area contributed by atoms with Crippen molar-refractivity contribution in [3.8, 4) is 11.3 Å². The van der Waals surface area contributed by atoms with Crippen molar-refractivity contribution in [1.29, 1.82) is 0 Å². The molecule has 2 heterocycles. The van der Waals surface area contributed by atoms with Crippen LogP contribution in [-0.4, -0.2) is 32.8 Å². The lowest BCUT2D eigenvalue weighted by atomic mass is 10.1. The Bertz CT molecular complexity index is 1110. The lowest BCUT2D eigenvalue weighted by Crippen LogP contribution is -2.27. The largest absolute Gasteiger partial charge is 0.355 e. The third-order valence-corrected chi connectivity index (χ3v) is 5.66. The van der Waals surface area contributed by atoms with Crippen LogP contribution in [0, 0.1) is 0 Å². The van der Waals surface area contributed by atoms with Crippen LogP contribution < -0.4 is 5.32 Å². The van der Waals surface area contributed by atoms with Crippen LogP contribution in [-0.2, 0) is 11.2 Å². The standard InChI is InChI=1S/C22H19ClN4OS/c23-18-8-6-17(7-9-18)19-14-20-22(25-12-13-27(20)26-19)29-15-21(28)24-11-10-16-4-2-1-3-5-16/h1-9,12-14H,10-11,15H2,(H,24,28). The third-order valence-electron chi connectivity index (χ3n) is 4.41. The Hall–Kier alpha value is -2.83. The number of hydrogen-bond acceptors (Lipinski definition) is 4. The maximum Gasteiger partial charge on any atom is 0.230 e. The van der Waals surface area contributed by atoms with Crippen LogP contribution in [0.1, 0.15) is 5.56 Å². The molecule has 4 rings (SSSR count). The molecule has 0 saturated heterocycles. The summed E-state index contributed by atoms with van der Waals surface area (Å²) in [4.78, 5) is 16.6. The Morgan fingerprint density at radius 1 is 1.10 bits per heavy atom. The molecule has 0 fully saturated rings. The number of nitrogens with one attached hydrogen (secondary N) is 1. The second kappa shape index (κ2) is 9.11. The second-order valence-electron chi connectivity index (χ2n) is 6.47. The summed E-state index contributed by atoms with van der Waals surface area (Å²) < 4.78 is 1.78. The molecule has 1 N–H and O–H groups in total. The van der Waals surface area contributed by atoms with Crippen molar-refractivity contribution in [2.24, 2.45) is 0 Å². The summed E-state index contributed by atoms with van der Waals surface area (Å²) in [6.45, 7) is 0.619. The van der Waals surface area contributed by atoms with Crippen molar-refractivity contribution in [3.63, 3.8) is 0 Å². The molecule has 29 heavy (non-hydrogen) atoms. The van der Waals surface area contributed by atoms with E-state index in [1.54, 1.807) is 16.9 Å². The van der Waals surface area contributed by atoms with Gasteiger partial charge in [0.25, 0.3) is 0 Å². The minimum Gasteiger partial charge on any atom is -0.355 e. The highest BCUT2D eigenvalue weighted by atomic mass is 35.5. The van der Waals surface area contributed by atoms with Crippen LogP contribution in [0.2, 0.25) is 5.02 Å². The van der Waals surface area contributed by atoms with E-state index in [2.05, 4.69) is 27.5 Å². The minimum absolute atomic E-state index is 0.00725. The van der Waals surface area contributed by atoms with Gasteiger partial charge in [-0.2, -0.15) is 5.10 Å². The topological polar surface area (TPSA) is 59.3 Å². The van der Waals surface area contributed by atoms with Crippen LogP contribution in [0.25, 0.3) is 16.8 Å². The molecule has 0 aliphatic rings. The zero-order valence-electron chi connectivity index (χ0n) is 15.6. The van der Waals surface area contributed by atoms with E-state index >= 15 is 0 Å². The van der Waals surface area contributed by atoms with E-state index in [0.717, 1.165) is 28.2 Å². The first-order chi connectivity index (χ1) is 14.2. The number of fused-ring (bicyclic) bond motifs is 1. The Balaban J connectivity index is 1.39. The van der Waals surface area contributed by atoms with Crippen LogP contribution >= 0.6 is 23.4 Å². The summed E-state index contributed by atoms with van der Waals surface area (Å²) in [6.07, 6.45) is 4.32. The number of amides is 1. The molecule has 0 radical (unpaired) electrons. The first-order valence-corrected chi connectivity index (χ1v) is 10.6. The molecule has 0 saturated carbocycles. The molecule has 0 unspecified atom stereocenters. The molecule has 4 aromatic rings. The fraction of sp³-hybridized carbons (Fsp3) is 0.136. The van der Waals surface area contributed by atoms with Crippen molar-refractivity contribution in [3.05, 3.63) is 83.6 Å². The highest BCUT2D eigenvalue weighted by Crippen LogP contribution is 2.26. The Morgan fingerprint density at radius 3 is 2.69 bits per heavy atom. The quantitative estimate of drug-likeness (QED) is 0.445. The predicted molar refractivity (Wildman–Crippen MR) is 117 cm³/mol. The molecule has 146 valence electrons. The van der Waals surface area contributed by atoms with Crippen LogP contribution in [0.3, 0.4) is 0 Å². The number of nitrogens with zero attached hydrogens (tertiary/aromatic N) is 3. The molecular formula is C22H19ClN4OS. The highest BCUT2D eigenvalue weighted by molar-refractivity contribution is 8.00. The van der Waals surface area contributed by atoms with Gasteiger partial charge in [0, 0.05) is 29.5 Å². The van der Waals surface area contributed by atoms with Gasteiger partial charge in [-0.3, -0.25) is 4.79 Å². The number of rotatable bonds is 7. The number of halogens is 1. The Labute approximate surface area is 178 Å². The second-order valence-corrected chi connectivity index (χ2v) is 7.87. The normalized spacial score (nSPS) is 10.9. The summed E-state index contributed by atoms with van der Waals surface area (Å²) in [7, 11) is 0. The van der Waals surface area contributed by atoms with E-state index < -0.39 is 0 Å². The first-order valence-electron chi connectivity index (χ1n) is 9.23. The van der Waals surface area contributed by atoms with E-state index in [1.807, 2.05) is 48.5 Å². The van der Waals surface area contributed by atoms with Crippen molar-refractivity contribution in [2.75, 3.05) is 12.3 Å². The van der Waals surface area contributed by atoms with Gasteiger partial charge in [-0.25, -0.2) is 9.50 Å². The van der Waals surface area contributed by atoms with Gasteiger partial charge in [0.1, 0.15) is 5.03 Å². The van der Waals surface area contributed by atoms with Crippen molar-refractivity contribution in [2.45, 2.75) is 11.4 Å². The molecule has 0 aliphatic heterocycles. The fourth-order valence-electron chi connectivity index (χ4n) is 2.95. The maximum atomic E-state index is 12.2. The van der Waals surface area contributed by atoms with Crippen LogP contribution in [0.15, 0.2) is 78.1 Å². The summed E-state index contributed by atoms with van der Waals surface area (Å²) in [5, 5.41) is 9.03. The average Bonchev–Trinajstić information content (AvgIpc) is 3.18. The van der Waals surface area contributed by atoms with Crippen molar-refractivity contribution < 1.29 is 4.79 Å². The van der Waals surface area contributed by atoms with Gasteiger partial charge in [0.2, 0.25) is 5.91 Å². The average molecular weight is 423 g/mol. The number of aromatic nitrogens is 3.